The highest BCUT2D eigenvalue weighted by molar-refractivity contribution is 5.79. The Labute approximate surface area is 149 Å². The minimum atomic E-state index is -0.0345. The van der Waals surface area contributed by atoms with Gasteiger partial charge in [0.25, 0.3) is 0 Å². The summed E-state index contributed by atoms with van der Waals surface area (Å²) in [6.07, 6.45) is 1.65. The van der Waals surface area contributed by atoms with Crippen LogP contribution in [-0.2, 0) is 24.1 Å². The van der Waals surface area contributed by atoms with Gasteiger partial charge in [0.15, 0.2) is 5.96 Å². The first-order valence-corrected chi connectivity index (χ1v) is 8.71. The standard InChI is InChI=1S/C19H28N4O2/c1-5-16-15(17(6-2)25-23-16)12-21-19(20-3)22-13-18(24-4)14-10-8-7-9-11-14/h7-11,18H,5-6,12-13H2,1-4H3,(H2,20,21,22). The highest BCUT2D eigenvalue weighted by Gasteiger charge is 2.14. The number of rotatable bonds is 8. The largest absolute Gasteiger partial charge is 0.375 e. The van der Waals surface area contributed by atoms with E-state index in [-0.39, 0.29) is 6.10 Å². The van der Waals surface area contributed by atoms with E-state index in [9.17, 15) is 0 Å². The molecule has 1 unspecified atom stereocenters. The van der Waals surface area contributed by atoms with Gasteiger partial charge in [-0.15, -0.1) is 0 Å². The first-order chi connectivity index (χ1) is 12.2. The molecule has 0 fully saturated rings. The maximum atomic E-state index is 5.58. The van der Waals surface area contributed by atoms with Gasteiger partial charge < -0.3 is 19.9 Å². The second kappa shape index (κ2) is 9.84. The van der Waals surface area contributed by atoms with Gasteiger partial charge in [-0.05, 0) is 12.0 Å². The molecule has 0 saturated carbocycles. The summed E-state index contributed by atoms with van der Waals surface area (Å²) < 4.78 is 11.0. The van der Waals surface area contributed by atoms with Crippen molar-refractivity contribution in [3.05, 3.63) is 52.9 Å². The van der Waals surface area contributed by atoms with E-state index in [1.807, 2.05) is 18.2 Å². The molecule has 136 valence electrons. The fraction of sp³-hybridized carbons (Fsp3) is 0.474. The number of guanidine groups is 1. The number of aryl methyl sites for hydroxylation is 2. The molecule has 0 radical (unpaired) electrons. The van der Waals surface area contributed by atoms with Gasteiger partial charge in [-0.25, -0.2) is 0 Å². The number of methoxy groups -OCH3 is 1. The van der Waals surface area contributed by atoms with Crippen LogP contribution in [0, 0.1) is 0 Å². The van der Waals surface area contributed by atoms with Crippen LogP contribution < -0.4 is 10.6 Å². The number of ether oxygens (including phenoxy) is 1. The van der Waals surface area contributed by atoms with Gasteiger partial charge in [0, 0.05) is 39.2 Å². The molecule has 0 aliphatic heterocycles. The second-order valence-electron chi connectivity index (χ2n) is 5.68. The van der Waals surface area contributed by atoms with E-state index in [1.165, 1.54) is 0 Å². The average molecular weight is 344 g/mol. The van der Waals surface area contributed by atoms with E-state index in [4.69, 9.17) is 9.26 Å². The van der Waals surface area contributed by atoms with Crippen molar-refractivity contribution in [2.24, 2.45) is 4.99 Å². The quantitative estimate of drug-likeness (QED) is 0.569. The fourth-order valence-corrected chi connectivity index (χ4v) is 2.72. The third kappa shape index (κ3) is 5.06. The molecule has 0 bridgehead atoms. The molecular formula is C19H28N4O2. The number of benzene rings is 1. The summed E-state index contributed by atoms with van der Waals surface area (Å²) >= 11 is 0. The lowest BCUT2D eigenvalue weighted by atomic mass is 10.1. The van der Waals surface area contributed by atoms with E-state index < -0.39 is 0 Å². The maximum absolute atomic E-state index is 5.58. The van der Waals surface area contributed by atoms with Crippen LogP contribution in [-0.4, -0.2) is 31.8 Å². The maximum Gasteiger partial charge on any atom is 0.191 e. The smallest absolute Gasteiger partial charge is 0.191 e. The predicted molar refractivity (Wildman–Crippen MR) is 99.7 cm³/mol. The summed E-state index contributed by atoms with van der Waals surface area (Å²) in [6, 6.07) is 10.1. The lowest BCUT2D eigenvalue weighted by Crippen LogP contribution is -2.39. The minimum absolute atomic E-state index is 0.0345. The molecule has 2 rings (SSSR count). The summed E-state index contributed by atoms with van der Waals surface area (Å²) in [5, 5.41) is 10.8. The third-order valence-corrected chi connectivity index (χ3v) is 4.17. The molecule has 1 aromatic carbocycles. The van der Waals surface area contributed by atoms with Gasteiger partial charge in [-0.2, -0.15) is 0 Å². The molecule has 25 heavy (non-hydrogen) atoms. The predicted octanol–water partition coefficient (Wildman–Crippen LogP) is 2.85. The molecule has 6 heteroatoms. The van der Waals surface area contributed by atoms with Gasteiger partial charge in [0.1, 0.15) is 5.76 Å². The minimum Gasteiger partial charge on any atom is -0.375 e. The molecular weight excluding hydrogens is 316 g/mol. The van der Waals surface area contributed by atoms with Crippen LogP contribution in [0.2, 0.25) is 0 Å². The topological polar surface area (TPSA) is 71.7 Å². The SMILES string of the molecule is CCc1noc(CC)c1CNC(=NC)NCC(OC)c1ccccc1. The summed E-state index contributed by atoms with van der Waals surface area (Å²) in [5.41, 5.74) is 3.26. The van der Waals surface area contributed by atoms with Crippen LogP contribution in [0.5, 0.6) is 0 Å². The van der Waals surface area contributed by atoms with Crippen molar-refractivity contribution in [3.8, 4) is 0 Å². The Morgan fingerprint density at radius 2 is 1.96 bits per heavy atom. The van der Waals surface area contributed by atoms with Gasteiger partial charge in [0.2, 0.25) is 0 Å². The molecule has 1 atom stereocenters. The van der Waals surface area contributed by atoms with Gasteiger partial charge in [-0.1, -0.05) is 49.3 Å². The molecule has 0 saturated heterocycles. The zero-order valence-electron chi connectivity index (χ0n) is 15.5. The van der Waals surface area contributed by atoms with Crippen molar-refractivity contribution in [2.45, 2.75) is 39.3 Å². The molecule has 0 aliphatic carbocycles. The first kappa shape index (κ1) is 19.0. The van der Waals surface area contributed by atoms with Gasteiger partial charge >= 0.3 is 0 Å². The van der Waals surface area contributed by atoms with Crippen LogP contribution >= 0.6 is 0 Å². The van der Waals surface area contributed by atoms with Crippen molar-refractivity contribution >= 4 is 5.96 Å². The Bertz CT molecular complexity index is 646. The normalized spacial score (nSPS) is 12.9. The Hall–Kier alpha value is -2.34. The summed E-state index contributed by atoms with van der Waals surface area (Å²) in [4.78, 5) is 4.29. The number of nitrogens with zero attached hydrogens (tertiary/aromatic N) is 2. The molecule has 6 nitrogen and oxygen atoms in total. The Morgan fingerprint density at radius 3 is 2.56 bits per heavy atom. The van der Waals surface area contributed by atoms with Crippen LogP contribution in [0.1, 0.15) is 42.5 Å². The van der Waals surface area contributed by atoms with Crippen LogP contribution in [0.3, 0.4) is 0 Å². The van der Waals surface area contributed by atoms with Gasteiger partial charge in [-0.3, -0.25) is 4.99 Å². The average Bonchev–Trinajstić information content (AvgIpc) is 3.07. The number of hydrogen-bond acceptors (Lipinski definition) is 4. The van der Waals surface area contributed by atoms with Crippen molar-refractivity contribution in [2.75, 3.05) is 20.7 Å². The molecule has 1 heterocycles. The monoisotopic (exact) mass is 344 g/mol. The van der Waals surface area contributed by atoms with E-state index in [2.05, 4.69) is 46.8 Å². The van der Waals surface area contributed by atoms with E-state index >= 15 is 0 Å². The Morgan fingerprint density at radius 1 is 1.20 bits per heavy atom. The zero-order chi connectivity index (χ0) is 18.1. The van der Waals surface area contributed by atoms with E-state index in [1.54, 1.807) is 14.2 Å². The fourth-order valence-electron chi connectivity index (χ4n) is 2.72. The second-order valence-corrected chi connectivity index (χ2v) is 5.68. The number of nitrogens with one attached hydrogen (secondary N) is 2. The van der Waals surface area contributed by atoms with Crippen LogP contribution in [0.4, 0.5) is 0 Å². The van der Waals surface area contributed by atoms with Crippen molar-refractivity contribution in [1.82, 2.24) is 15.8 Å². The van der Waals surface area contributed by atoms with Crippen LogP contribution in [0.25, 0.3) is 0 Å². The van der Waals surface area contributed by atoms with Crippen molar-refractivity contribution < 1.29 is 9.26 Å². The highest BCUT2D eigenvalue weighted by Crippen LogP contribution is 2.16. The Balaban J connectivity index is 1.94. The lowest BCUT2D eigenvalue weighted by molar-refractivity contribution is 0.106. The molecule has 2 aromatic rings. The highest BCUT2D eigenvalue weighted by atomic mass is 16.5. The lowest BCUT2D eigenvalue weighted by Gasteiger charge is -2.18. The molecule has 2 N–H and O–H groups in total. The number of hydrogen-bond donors (Lipinski definition) is 2. The summed E-state index contributed by atoms with van der Waals surface area (Å²) in [6.45, 7) is 5.42. The van der Waals surface area contributed by atoms with Crippen molar-refractivity contribution in [3.63, 3.8) is 0 Å². The number of aliphatic imine (C=N–C) groups is 1. The summed E-state index contributed by atoms with van der Waals surface area (Å²) in [5.74, 6) is 1.65. The van der Waals surface area contributed by atoms with Crippen LogP contribution in [0.15, 0.2) is 39.8 Å². The van der Waals surface area contributed by atoms with Gasteiger partial charge in [0.05, 0.1) is 11.8 Å². The molecule has 0 amide bonds. The zero-order valence-corrected chi connectivity index (χ0v) is 15.5. The summed E-state index contributed by atoms with van der Waals surface area (Å²) in [7, 11) is 3.47. The first-order valence-electron chi connectivity index (χ1n) is 8.71. The third-order valence-electron chi connectivity index (χ3n) is 4.17. The van der Waals surface area contributed by atoms with E-state index in [0.29, 0.717) is 13.1 Å². The number of aromatic nitrogens is 1. The molecule has 1 aromatic heterocycles. The Kier molecular flexibility index (Phi) is 7.47. The van der Waals surface area contributed by atoms with E-state index in [0.717, 1.165) is 41.4 Å². The molecule has 0 aliphatic rings. The molecule has 0 spiro atoms. The van der Waals surface area contributed by atoms with Crippen molar-refractivity contribution in [1.29, 1.82) is 0 Å².